The molecule has 0 radical (unpaired) electrons. The molecule has 1 unspecified atom stereocenters. The van der Waals surface area contributed by atoms with Crippen molar-refractivity contribution in [3.63, 3.8) is 0 Å². The number of ether oxygens (including phenoxy) is 4. The van der Waals surface area contributed by atoms with E-state index in [2.05, 4.69) is 6.07 Å². The van der Waals surface area contributed by atoms with E-state index in [0.717, 1.165) is 37.4 Å². The van der Waals surface area contributed by atoms with Crippen molar-refractivity contribution in [2.45, 2.75) is 38.2 Å². The van der Waals surface area contributed by atoms with Crippen molar-refractivity contribution >= 4 is 0 Å². The SMILES string of the molecule is N#CCc1ccc(OCCOCCOCCC2CCCCO2)cc1. The van der Waals surface area contributed by atoms with Crippen LogP contribution in [0.1, 0.15) is 31.2 Å². The van der Waals surface area contributed by atoms with E-state index >= 15 is 0 Å². The lowest BCUT2D eigenvalue weighted by atomic mass is 10.1. The molecule has 0 bridgehead atoms. The van der Waals surface area contributed by atoms with Gasteiger partial charge in [-0.3, -0.25) is 0 Å². The molecule has 5 heteroatoms. The maximum Gasteiger partial charge on any atom is 0.119 e. The molecule has 0 aliphatic carbocycles. The highest BCUT2D eigenvalue weighted by Gasteiger charge is 2.12. The Balaban J connectivity index is 1.40. The Morgan fingerprint density at radius 2 is 1.75 bits per heavy atom. The fourth-order valence-corrected chi connectivity index (χ4v) is 2.59. The van der Waals surface area contributed by atoms with Crippen LogP contribution in [0.25, 0.3) is 0 Å². The lowest BCUT2D eigenvalue weighted by Gasteiger charge is -2.22. The normalized spacial score (nSPS) is 17.4. The van der Waals surface area contributed by atoms with E-state index in [-0.39, 0.29) is 0 Å². The van der Waals surface area contributed by atoms with Crippen LogP contribution in [-0.4, -0.2) is 45.7 Å². The van der Waals surface area contributed by atoms with Gasteiger partial charge in [0.2, 0.25) is 0 Å². The van der Waals surface area contributed by atoms with Crippen LogP contribution in [0, 0.1) is 11.3 Å². The van der Waals surface area contributed by atoms with Gasteiger partial charge < -0.3 is 18.9 Å². The van der Waals surface area contributed by atoms with Crippen molar-refractivity contribution in [1.82, 2.24) is 0 Å². The van der Waals surface area contributed by atoms with Gasteiger partial charge in [-0.05, 0) is 43.4 Å². The molecule has 1 aliphatic rings. The Kier molecular flexibility index (Phi) is 9.25. The van der Waals surface area contributed by atoms with E-state index in [1.165, 1.54) is 12.8 Å². The summed E-state index contributed by atoms with van der Waals surface area (Å²) >= 11 is 0. The van der Waals surface area contributed by atoms with E-state index in [1.807, 2.05) is 24.3 Å². The Morgan fingerprint density at radius 1 is 1.00 bits per heavy atom. The van der Waals surface area contributed by atoms with Gasteiger partial charge in [0, 0.05) is 13.2 Å². The van der Waals surface area contributed by atoms with Crippen molar-refractivity contribution < 1.29 is 18.9 Å². The van der Waals surface area contributed by atoms with Gasteiger partial charge in [0.15, 0.2) is 0 Å². The van der Waals surface area contributed by atoms with E-state index in [1.54, 1.807) is 0 Å². The third-order valence-electron chi connectivity index (χ3n) is 3.93. The van der Waals surface area contributed by atoms with Gasteiger partial charge >= 0.3 is 0 Å². The Hall–Kier alpha value is -1.61. The Bertz CT molecular complexity index is 477. The summed E-state index contributed by atoms with van der Waals surface area (Å²) in [6, 6.07) is 9.69. The van der Waals surface area contributed by atoms with Gasteiger partial charge in [-0.15, -0.1) is 0 Å². The largest absolute Gasteiger partial charge is 0.491 e. The lowest BCUT2D eigenvalue weighted by Crippen LogP contribution is -2.21. The zero-order valence-electron chi connectivity index (χ0n) is 14.2. The van der Waals surface area contributed by atoms with Crippen LogP contribution in [0.15, 0.2) is 24.3 Å². The van der Waals surface area contributed by atoms with Crippen molar-refractivity contribution in [3.8, 4) is 11.8 Å². The van der Waals surface area contributed by atoms with Crippen LogP contribution in [0.4, 0.5) is 0 Å². The molecule has 132 valence electrons. The molecule has 5 nitrogen and oxygen atoms in total. The topological polar surface area (TPSA) is 60.7 Å². The quantitative estimate of drug-likeness (QED) is 0.582. The first kappa shape index (κ1) is 18.7. The highest BCUT2D eigenvalue weighted by Crippen LogP contribution is 2.15. The molecule has 1 aliphatic heterocycles. The lowest BCUT2D eigenvalue weighted by molar-refractivity contribution is -0.0166. The number of benzene rings is 1. The van der Waals surface area contributed by atoms with E-state index in [9.17, 15) is 0 Å². The maximum atomic E-state index is 8.62. The standard InChI is InChI=1S/C19H27NO4/c20-10-8-17-4-6-19(7-5-17)24-16-15-22-14-13-21-12-9-18-3-1-2-11-23-18/h4-7,18H,1-3,8-9,11-16H2. The number of nitrogens with zero attached hydrogens (tertiary/aromatic N) is 1. The van der Waals surface area contributed by atoms with Crippen LogP contribution in [0.5, 0.6) is 5.75 Å². The fourth-order valence-electron chi connectivity index (χ4n) is 2.59. The number of hydrogen-bond acceptors (Lipinski definition) is 5. The smallest absolute Gasteiger partial charge is 0.119 e. The summed E-state index contributed by atoms with van der Waals surface area (Å²) < 4.78 is 22.3. The van der Waals surface area contributed by atoms with Crippen molar-refractivity contribution in [1.29, 1.82) is 5.26 Å². The molecule has 1 fully saturated rings. The minimum absolute atomic E-state index is 0.382. The van der Waals surface area contributed by atoms with Crippen LogP contribution in [0.2, 0.25) is 0 Å². The molecular formula is C19H27NO4. The second-order valence-electron chi connectivity index (χ2n) is 5.83. The summed E-state index contributed by atoms with van der Waals surface area (Å²) in [4.78, 5) is 0. The molecule has 1 heterocycles. The van der Waals surface area contributed by atoms with Gasteiger partial charge in [0.05, 0.1) is 38.4 Å². The predicted octanol–water partition coefficient (Wildman–Crippen LogP) is 3.12. The van der Waals surface area contributed by atoms with Crippen LogP contribution in [-0.2, 0) is 20.6 Å². The Labute approximate surface area is 144 Å². The van der Waals surface area contributed by atoms with Crippen LogP contribution >= 0.6 is 0 Å². The molecule has 1 aromatic rings. The molecule has 2 rings (SSSR count). The number of rotatable bonds is 11. The van der Waals surface area contributed by atoms with Gasteiger partial charge in [0.1, 0.15) is 12.4 Å². The molecule has 0 saturated carbocycles. The molecular weight excluding hydrogens is 306 g/mol. The zero-order chi connectivity index (χ0) is 16.9. The summed E-state index contributed by atoms with van der Waals surface area (Å²) in [6.07, 6.45) is 5.41. The highest BCUT2D eigenvalue weighted by atomic mass is 16.5. The predicted molar refractivity (Wildman–Crippen MR) is 91.1 cm³/mol. The molecule has 24 heavy (non-hydrogen) atoms. The van der Waals surface area contributed by atoms with Crippen molar-refractivity contribution in [2.75, 3.05) is 39.6 Å². The first-order valence-corrected chi connectivity index (χ1v) is 8.74. The van der Waals surface area contributed by atoms with Crippen molar-refractivity contribution in [3.05, 3.63) is 29.8 Å². The monoisotopic (exact) mass is 333 g/mol. The molecule has 0 amide bonds. The minimum Gasteiger partial charge on any atom is -0.491 e. The van der Waals surface area contributed by atoms with Gasteiger partial charge in [-0.1, -0.05) is 12.1 Å². The number of nitriles is 1. The summed E-state index contributed by atoms with van der Waals surface area (Å²) in [5, 5.41) is 8.62. The molecule has 1 aromatic carbocycles. The fraction of sp³-hybridized carbons (Fsp3) is 0.632. The van der Waals surface area contributed by atoms with Gasteiger partial charge in [0.25, 0.3) is 0 Å². The molecule has 1 atom stereocenters. The van der Waals surface area contributed by atoms with Gasteiger partial charge in [-0.25, -0.2) is 0 Å². The average Bonchev–Trinajstić information content (AvgIpc) is 2.63. The van der Waals surface area contributed by atoms with Crippen LogP contribution < -0.4 is 4.74 Å². The highest BCUT2D eigenvalue weighted by molar-refractivity contribution is 5.28. The van der Waals surface area contributed by atoms with E-state index < -0.39 is 0 Å². The summed E-state index contributed by atoms with van der Waals surface area (Å²) in [7, 11) is 0. The first-order chi connectivity index (χ1) is 11.9. The second-order valence-corrected chi connectivity index (χ2v) is 5.83. The van der Waals surface area contributed by atoms with Crippen molar-refractivity contribution in [2.24, 2.45) is 0 Å². The van der Waals surface area contributed by atoms with Crippen LogP contribution in [0.3, 0.4) is 0 Å². The summed E-state index contributed by atoms with van der Waals surface area (Å²) in [5.41, 5.74) is 0.997. The second kappa shape index (κ2) is 11.9. The zero-order valence-corrected chi connectivity index (χ0v) is 14.2. The molecule has 1 saturated heterocycles. The summed E-state index contributed by atoms with van der Waals surface area (Å²) in [5.74, 6) is 0.795. The summed E-state index contributed by atoms with van der Waals surface area (Å²) in [6.45, 7) is 3.86. The third-order valence-corrected chi connectivity index (χ3v) is 3.93. The molecule has 0 aromatic heterocycles. The molecule has 0 spiro atoms. The van der Waals surface area contributed by atoms with Gasteiger partial charge in [-0.2, -0.15) is 5.26 Å². The Morgan fingerprint density at radius 3 is 2.46 bits per heavy atom. The average molecular weight is 333 g/mol. The van der Waals surface area contributed by atoms with E-state index in [4.69, 9.17) is 24.2 Å². The third kappa shape index (κ3) is 7.78. The first-order valence-electron chi connectivity index (χ1n) is 8.74. The molecule has 0 N–H and O–H groups in total. The van der Waals surface area contributed by atoms with E-state index in [0.29, 0.717) is 39.0 Å². The number of hydrogen-bond donors (Lipinski definition) is 0. The maximum absolute atomic E-state index is 8.62. The minimum atomic E-state index is 0.382.